The van der Waals surface area contributed by atoms with Crippen LogP contribution in [0.15, 0.2) is 119 Å². The van der Waals surface area contributed by atoms with Crippen LogP contribution in [0.5, 0.6) is 5.75 Å². The van der Waals surface area contributed by atoms with E-state index in [9.17, 15) is 22.8 Å². The lowest BCUT2D eigenvalue weighted by Crippen LogP contribution is -2.40. The van der Waals surface area contributed by atoms with Crippen LogP contribution >= 0.6 is 0 Å². The fraction of sp³-hybridized carbons (Fsp3) is 0.200. The lowest BCUT2D eigenvalue weighted by atomic mass is 10.1. The molecule has 0 radical (unpaired) electrons. The highest BCUT2D eigenvalue weighted by molar-refractivity contribution is 7.89. The summed E-state index contributed by atoms with van der Waals surface area (Å²) in [5.41, 5.74) is 5.41. The molecule has 4 aromatic carbocycles. The van der Waals surface area contributed by atoms with Crippen LogP contribution < -0.4 is 20.8 Å². The molecule has 0 spiro atoms. The van der Waals surface area contributed by atoms with Gasteiger partial charge in [-0.25, -0.2) is 13.8 Å². The van der Waals surface area contributed by atoms with E-state index in [2.05, 4.69) is 21.2 Å². The number of carbonyl (C=O) groups is 3. The molecule has 4 rings (SSSR count). The Labute approximate surface area is 274 Å². The Bertz CT molecular complexity index is 1770. The van der Waals surface area contributed by atoms with Crippen molar-refractivity contribution in [1.29, 1.82) is 0 Å². The minimum atomic E-state index is -4.06. The van der Waals surface area contributed by atoms with Crippen molar-refractivity contribution < 1.29 is 27.5 Å². The van der Waals surface area contributed by atoms with E-state index in [-0.39, 0.29) is 35.9 Å². The molecule has 0 aromatic heterocycles. The van der Waals surface area contributed by atoms with Crippen molar-refractivity contribution in [3.63, 3.8) is 0 Å². The van der Waals surface area contributed by atoms with Gasteiger partial charge in [-0.1, -0.05) is 60.7 Å². The van der Waals surface area contributed by atoms with Crippen molar-refractivity contribution in [1.82, 2.24) is 15.0 Å². The molecule has 0 bridgehead atoms. The molecule has 47 heavy (non-hydrogen) atoms. The number of nitrogens with zero attached hydrogens (tertiary/aromatic N) is 2. The molecule has 0 aliphatic rings. The summed E-state index contributed by atoms with van der Waals surface area (Å²) in [4.78, 5) is 36.5. The van der Waals surface area contributed by atoms with Crippen LogP contribution in [0, 0.1) is 0 Å². The predicted molar refractivity (Wildman–Crippen MR) is 180 cm³/mol. The summed E-state index contributed by atoms with van der Waals surface area (Å²) >= 11 is 0. The molecule has 11 nitrogen and oxygen atoms in total. The maximum atomic E-state index is 13.5. The van der Waals surface area contributed by atoms with Crippen LogP contribution in [0.3, 0.4) is 0 Å². The van der Waals surface area contributed by atoms with E-state index >= 15 is 0 Å². The summed E-state index contributed by atoms with van der Waals surface area (Å²) in [6, 6.07) is 31.3. The summed E-state index contributed by atoms with van der Waals surface area (Å²) in [5, 5.41) is 9.48. The number of sulfonamides is 1. The smallest absolute Gasteiger partial charge is 0.258 e. The zero-order chi connectivity index (χ0) is 33.6. The van der Waals surface area contributed by atoms with E-state index in [1.165, 1.54) is 37.4 Å². The minimum Gasteiger partial charge on any atom is -0.484 e. The van der Waals surface area contributed by atoms with Crippen molar-refractivity contribution >= 4 is 39.6 Å². The Balaban J connectivity index is 1.32. The number of hydrogen-bond acceptors (Lipinski definition) is 7. The number of benzene rings is 4. The Morgan fingerprint density at radius 3 is 2.13 bits per heavy atom. The number of ether oxygens (including phenoxy) is 1. The van der Waals surface area contributed by atoms with Crippen LogP contribution in [0.25, 0.3) is 0 Å². The molecule has 12 heteroatoms. The number of hydrogen-bond donors (Lipinski definition) is 3. The lowest BCUT2D eigenvalue weighted by molar-refractivity contribution is -0.124. The number of nitrogens with one attached hydrogen (secondary N) is 3. The van der Waals surface area contributed by atoms with E-state index in [4.69, 9.17) is 4.74 Å². The van der Waals surface area contributed by atoms with Crippen LogP contribution in [0.2, 0.25) is 0 Å². The highest BCUT2D eigenvalue weighted by atomic mass is 32.2. The van der Waals surface area contributed by atoms with Crippen molar-refractivity contribution in [2.45, 2.75) is 31.2 Å². The quantitative estimate of drug-likeness (QED) is 0.129. The van der Waals surface area contributed by atoms with Gasteiger partial charge in [-0.05, 0) is 78.6 Å². The molecule has 3 amide bonds. The second-order valence-corrected chi connectivity index (χ2v) is 12.6. The first kappa shape index (κ1) is 34.5. The van der Waals surface area contributed by atoms with Gasteiger partial charge in [0, 0.05) is 19.2 Å². The number of anilines is 1. The fourth-order valence-corrected chi connectivity index (χ4v) is 5.92. The van der Waals surface area contributed by atoms with Gasteiger partial charge in [0.15, 0.2) is 6.61 Å². The zero-order valence-corrected chi connectivity index (χ0v) is 26.9. The summed E-state index contributed by atoms with van der Waals surface area (Å²) in [7, 11) is -4.06. The van der Waals surface area contributed by atoms with E-state index < -0.39 is 22.5 Å². The Hall–Kier alpha value is -5.33. The van der Waals surface area contributed by atoms with Crippen LogP contribution in [-0.4, -0.2) is 56.4 Å². The Morgan fingerprint density at radius 2 is 1.49 bits per heavy atom. The average Bonchev–Trinajstić information content (AvgIpc) is 3.07. The first-order valence-corrected chi connectivity index (χ1v) is 16.3. The van der Waals surface area contributed by atoms with Crippen molar-refractivity contribution in [3.8, 4) is 5.75 Å². The first-order valence-electron chi connectivity index (χ1n) is 14.9. The molecule has 0 saturated carbocycles. The molecule has 1 atom stereocenters. The average molecular weight is 656 g/mol. The second kappa shape index (κ2) is 16.8. The van der Waals surface area contributed by atoms with Gasteiger partial charge in [-0.15, -0.1) is 0 Å². The molecule has 244 valence electrons. The van der Waals surface area contributed by atoms with Crippen LogP contribution in [0.4, 0.5) is 5.69 Å². The maximum absolute atomic E-state index is 13.5. The summed E-state index contributed by atoms with van der Waals surface area (Å²) < 4.78 is 33.8. The molecule has 0 saturated heterocycles. The Morgan fingerprint density at radius 1 is 0.851 bits per heavy atom. The third-order valence-electron chi connectivity index (χ3n) is 6.96. The molecular weight excluding hydrogens is 618 g/mol. The van der Waals surface area contributed by atoms with Gasteiger partial charge in [0.25, 0.3) is 11.8 Å². The molecule has 4 aromatic rings. The predicted octanol–water partition coefficient (Wildman–Crippen LogP) is 4.28. The molecular formula is C35H37N5O6S. The van der Waals surface area contributed by atoms with Gasteiger partial charge in [0.2, 0.25) is 15.9 Å². The topological polar surface area (TPSA) is 146 Å². The van der Waals surface area contributed by atoms with Gasteiger partial charge in [0.05, 0.1) is 23.7 Å². The molecule has 0 aliphatic heterocycles. The van der Waals surface area contributed by atoms with E-state index in [1.54, 1.807) is 24.3 Å². The largest absolute Gasteiger partial charge is 0.484 e. The standard InChI is InChI=1S/C35H37N5O6S/c1-26(30-11-7-4-8-12-30)37-35(43)25-46-32-17-13-29(14-18-32)23-36-39-34(42)24-40(22-21-28-9-5-3-6-10-28)47(44,45)33-19-15-31(16-20-33)38-27(2)41/h3-20,23,26H,21-22,24-25H2,1-2H3,(H,37,43)(H,38,41)(H,39,42)/b36-23-/t26-/m1/s1. The van der Waals surface area contributed by atoms with Gasteiger partial charge < -0.3 is 15.4 Å². The fourth-order valence-electron chi connectivity index (χ4n) is 4.53. The highest BCUT2D eigenvalue weighted by Crippen LogP contribution is 2.19. The highest BCUT2D eigenvalue weighted by Gasteiger charge is 2.26. The SMILES string of the molecule is CC(=O)Nc1ccc(S(=O)(=O)N(CCc2ccccc2)CC(=O)N/N=C\c2ccc(OCC(=O)N[C@H](C)c3ccccc3)cc2)cc1. The van der Waals surface area contributed by atoms with E-state index in [1.807, 2.05) is 67.6 Å². The zero-order valence-electron chi connectivity index (χ0n) is 26.1. The maximum Gasteiger partial charge on any atom is 0.258 e. The van der Waals surface area contributed by atoms with Crippen LogP contribution in [-0.2, 0) is 30.8 Å². The lowest BCUT2D eigenvalue weighted by Gasteiger charge is -2.21. The summed E-state index contributed by atoms with van der Waals surface area (Å²) in [6.07, 6.45) is 1.81. The van der Waals surface area contributed by atoms with Crippen LogP contribution in [0.1, 0.15) is 36.6 Å². The molecule has 0 fully saturated rings. The van der Waals surface area contributed by atoms with Crippen molar-refractivity contribution in [2.24, 2.45) is 5.10 Å². The third-order valence-corrected chi connectivity index (χ3v) is 8.81. The minimum absolute atomic E-state index is 0.0125. The number of hydrazone groups is 1. The van der Waals surface area contributed by atoms with Gasteiger partial charge in [0.1, 0.15) is 5.75 Å². The molecule has 0 unspecified atom stereocenters. The van der Waals surface area contributed by atoms with Gasteiger partial charge >= 0.3 is 0 Å². The first-order chi connectivity index (χ1) is 22.6. The number of rotatable bonds is 15. The third kappa shape index (κ3) is 10.9. The monoisotopic (exact) mass is 655 g/mol. The summed E-state index contributed by atoms with van der Waals surface area (Å²) in [6.45, 7) is 2.71. The van der Waals surface area contributed by atoms with Crippen molar-refractivity contribution in [2.75, 3.05) is 25.0 Å². The Kier molecular flexibility index (Phi) is 12.4. The van der Waals surface area contributed by atoms with Gasteiger partial charge in [-0.2, -0.15) is 9.41 Å². The van der Waals surface area contributed by atoms with Gasteiger partial charge in [-0.3, -0.25) is 14.4 Å². The molecule has 3 N–H and O–H groups in total. The molecule has 0 heterocycles. The van der Waals surface area contributed by atoms with Crippen molar-refractivity contribution in [3.05, 3.63) is 126 Å². The number of amides is 3. The van der Waals surface area contributed by atoms with E-state index in [0.29, 0.717) is 23.4 Å². The second-order valence-electron chi connectivity index (χ2n) is 10.6. The summed E-state index contributed by atoms with van der Waals surface area (Å²) in [5.74, 6) is -0.668. The normalized spacial score (nSPS) is 12.0. The molecule has 0 aliphatic carbocycles. The van der Waals surface area contributed by atoms with E-state index in [0.717, 1.165) is 15.4 Å². The number of carbonyl (C=O) groups excluding carboxylic acids is 3.